The lowest BCUT2D eigenvalue weighted by atomic mass is 9.92. The fraction of sp³-hybridized carbons (Fsp3) is 0.400. The zero-order valence-corrected chi connectivity index (χ0v) is 9.14. The van der Waals surface area contributed by atoms with E-state index >= 15 is 0 Å². The Morgan fingerprint density at radius 1 is 1.31 bits per heavy atom. The molecule has 0 aliphatic carbocycles. The molecule has 1 amide bonds. The van der Waals surface area contributed by atoms with E-state index in [9.17, 15) is 14.4 Å². The van der Waals surface area contributed by atoms with Gasteiger partial charge in [-0.25, -0.2) is 9.79 Å². The van der Waals surface area contributed by atoms with Crippen molar-refractivity contribution in [3.05, 3.63) is 11.6 Å². The molecule has 1 aliphatic rings. The van der Waals surface area contributed by atoms with Gasteiger partial charge in [0, 0.05) is 11.8 Å². The molecule has 1 aliphatic heterocycles. The van der Waals surface area contributed by atoms with Gasteiger partial charge in [-0.1, -0.05) is 0 Å². The van der Waals surface area contributed by atoms with Crippen molar-refractivity contribution >= 4 is 23.6 Å². The number of rotatable bonds is 2. The van der Waals surface area contributed by atoms with Gasteiger partial charge in [0.15, 0.2) is 0 Å². The van der Waals surface area contributed by atoms with Gasteiger partial charge >= 0.3 is 11.9 Å². The molecular weight excluding hydrogens is 214 g/mol. The SMILES string of the molecule is COC(=O)C1=CC(=O)N=C(C)C1C(=O)OC. The molecule has 0 aromatic carbocycles. The van der Waals surface area contributed by atoms with E-state index in [0.717, 1.165) is 6.08 Å². The average Bonchev–Trinajstić information content (AvgIpc) is 2.26. The minimum absolute atomic E-state index is 0.0492. The van der Waals surface area contributed by atoms with Crippen LogP contribution in [-0.2, 0) is 23.9 Å². The van der Waals surface area contributed by atoms with Crippen LogP contribution in [-0.4, -0.2) is 37.8 Å². The number of amides is 1. The smallest absolute Gasteiger partial charge is 0.335 e. The van der Waals surface area contributed by atoms with Crippen LogP contribution >= 0.6 is 0 Å². The number of aliphatic imine (C=N–C) groups is 1. The Bertz CT molecular complexity index is 407. The van der Waals surface area contributed by atoms with Crippen LogP contribution in [0.1, 0.15) is 6.92 Å². The minimum Gasteiger partial charge on any atom is -0.468 e. The number of dihydropyridines is 1. The van der Waals surface area contributed by atoms with Crippen molar-refractivity contribution in [3.63, 3.8) is 0 Å². The number of methoxy groups -OCH3 is 2. The molecule has 0 aromatic heterocycles. The Morgan fingerprint density at radius 3 is 2.44 bits per heavy atom. The Morgan fingerprint density at radius 2 is 1.94 bits per heavy atom. The van der Waals surface area contributed by atoms with Crippen molar-refractivity contribution in [2.24, 2.45) is 10.9 Å². The maximum Gasteiger partial charge on any atom is 0.335 e. The van der Waals surface area contributed by atoms with Crippen LogP contribution in [0.2, 0.25) is 0 Å². The van der Waals surface area contributed by atoms with Crippen molar-refractivity contribution in [1.82, 2.24) is 0 Å². The summed E-state index contributed by atoms with van der Waals surface area (Å²) >= 11 is 0. The molecule has 0 saturated heterocycles. The summed E-state index contributed by atoms with van der Waals surface area (Å²) in [6.07, 6.45) is 0.987. The molecule has 0 fully saturated rings. The third-order valence-corrected chi connectivity index (χ3v) is 2.15. The molecule has 6 heteroatoms. The lowest BCUT2D eigenvalue weighted by Crippen LogP contribution is -2.32. The van der Waals surface area contributed by atoms with Gasteiger partial charge in [-0.2, -0.15) is 0 Å². The minimum atomic E-state index is -0.963. The van der Waals surface area contributed by atoms with E-state index < -0.39 is 23.8 Å². The maximum absolute atomic E-state index is 11.5. The van der Waals surface area contributed by atoms with Crippen molar-refractivity contribution in [2.75, 3.05) is 14.2 Å². The van der Waals surface area contributed by atoms with Gasteiger partial charge in [0.1, 0.15) is 5.92 Å². The van der Waals surface area contributed by atoms with E-state index in [-0.39, 0.29) is 11.3 Å². The second-order valence-electron chi connectivity index (χ2n) is 3.14. The molecule has 0 spiro atoms. The van der Waals surface area contributed by atoms with Crippen LogP contribution in [0.3, 0.4) is 0 Å². The number of esters is 2. The summed E-state index contributed by atoms with van der Waals surface area (Å²) in [6, 6.07) is 0. The number of carbonyl (C=O) groups is 3. The lowest BCUT2D eigenvalue weighted by molar-refractivity contribution is -0.145. The predicted octanol–water partition coefficient (Wildman–Crippen LogP) is -0.124. The van der Waals surface area contributed by atoms with Gasteiger partial charge in [-0.05, 0) is 6.92 Å². The second kappa shape index (κ2) is 4.69. The molecule has 86 valence electrons. The van der Waals surface area contributed by atoms with E-state index in [4.69, 9.17) is 0 Å². The van der Waals surface area contributed by atoms with Crippen LogP contribution in [0.5, 0.6) is 0 Å². The van der Waals surface area contributed by atoms with Crippen LogP contribution in [0.15, 0.2) is 16.6 Å². The Hall–Kier alpha value is -1.98. The monoisotopic (exact) mass is 225 g/mol. The summed E-state index contributed by atoms with van der Waals surface area (Å²) in [5.41, 5.74) is 0.173. The van der Waals surface area contributed by atoms with Gasteiger partial charge in [-0.15, -0.1) is 0 Å². The standard InChI is InChI=1S/C10H11NO5/c1-5-8(10(14)16-3)6(9(13)15-2)4-7(12)11-5/h4,8H,1-3H3. The van der Waals surface area contributed by atoms with Gasteiger partial charge in [0.25, 0.3) is 5.91 Å². The molecule has 6 nitrogen and oxygen atoms in total. The van der Waals surface area contributed by atoms with Crippen LogP contribution in [0, 0.1) is 5.92 Å². The molecular formula is C10H11NO5. The summed E-state index contributed by atoms with van der Waals surface area (Å²) in [6.45, 7) is 1.48. The fourth-order valence-electron chi connectivity index (χ4n) is 1.42. The molecule has 0 saturated carbocycles. The normalized spacial score (nSPS) is 19.7. The summed E-state index contributed by atoms with van der Waals surface area (Å²) in [4.78, 5) is 37.6. The van der Waals surface area contributed by atoms with Gasteiger partial charge < -0.3 is 9.47 Å². The van der Waals surface area contributed by atoms with Gasteiger partial charge in [-0.3, -0.25) is 9.59 Å². The molecule has 1 rings (SSSR count). The van der Waals surface area contributed by atoms with Crippen LogP contribution in [0.25, 0.3) is 0 Å². The molecule has 1 atom stereocenters. The van der Waals surface area contributed by atoms with Crippen molar-refractivity contribution in [1.29, 1.82) is 0 Å². The van der Waals surface area contributed by atoms with Gasteiger partial charge in [0.05, 0.1) is 19.8 Å². The van der Waals surface area contributed by atoms with E-state index in [1.807, 2.05) is 0 Å². The molecule has 0 bridgehead atoms. The Balaban J connectivity index is 3.15. The van der Waals surface area contributed by atoms with E-state index in [1.165, 1.54) is 21.1 Å². The summed E-state index contributed by atoms with van der Waals surface area (Å²) in [7, 11) is 2.37. The molecule has 0 N–H and O–H groups in total. The van der Waals surface area contributed by atoms with E-state index in [0.29, 0.717) is 0 Å². The number of ether oxygens (including phenoxy) is 2. The predicted molar refractivity (Wildman–Crippen MR) is 53.7 cm³/mol. The fourth-order valence-corrected chi connectivity index (χ4v) is 1.42. The largest absolute Gasteiger partial charge is 0.468 e. The van der Waals surface area contributed by atoms with E-state index in [2.05, 4.69) is 14.5 Å². The molecule has 0 aromatic rings. The first kappa shape index (κ1) is 12.1. The topological polar surface area (TPSA) is 82.0 Å². The second-order valence-corrected chi connectivity index (χ2v) is 3.14. The lowest BCUT2D eigenvalue weighted by Gasteiger charge is -2.18. The van der Waals surface area contributed by atoms with Crippen molar-refractivity contribution in [2.45, 2.75) is 6.92 Å². The van der Waals surface area contributed by atoms with E-state index in [1.54, 1.807) is 0 Å². The number of carbonyl (C=O) groups excluding carboxylic acids is 3. The molecule has 1 heterocycles. The quantitative estimate of drug-likeness (QED) is 0.612. The number of nitrogens with zero attached hydrogens (tertiary/aromatic N) is 1. The van der Waals surface area contributed by atoms with Crippen molar-refractivity contribution < 1.29 is 23.9 Å². The first-order chi connectivity index (χ1) is 7.51. The van der Waals surface area contributed by atoms with Crippen LogP contribution < -0.4 is 0 Å². The number of hydrogen-bond acceptors (Lipinski definition) is 5. The Kier molecular flexibility index (Phi) is 3.55. The molecule has 1 unspecified atom stereocenters. The summed E-state index contributed by atoms with van der Waals surface area (Å²) < 4.78 is 9.03. The number of hydrogen-bond donors (Lipinski definition) is 0. The van der Waals surface area contributed by atoms with Crippen LogP contribution in [0.4, 0.5) is 0 Å². The highest BCUT2D eigenvalue weighted by Gasteiger charge is 2.35. The summed E-state index contributed by atoms with van der Waals surface area (Å²) in [5.74, 6) is -2.93. The third kappa shape index (κ3) is 2.16. The Labute approximate surface area is 91.9 Å². The van der Waals surface area contributed by atoms with Gasteiger partial charge in [0.2, 0.25) is 0 Å². The maximum atomic E-state index is 11.5. The van der Waals surface area contributed by atoms with Crippen molar-refractivity contribution in [3.8, 4) is 0 Å². The summed E-state index contributed by atoms with van der Waals surface area (Å²) in [5, 5.41) is 0. The average molecular weight is 225 g/mol. The zero-order valence-electron chi connectivity index (χ0n) is 9.14. The third-order valence-electron chi connectivity index (χ3n) is 2.15. The highest BCUT2D eigenvalue weighted by molar-refractivity contribution is 6.19. The highest BCUT2D eigenvalue weighted by atomic mass is 16.5. The first-order valence-electron chi connectivity index (χ1n) is 4.48. The molecule has 0 radical (unpaired) electrons. The highest BCUT2D eigenvalue weighted by Crippen LogP contribution is 2.20. The molecule has 16 heavy (non-hydrogen) atoms. The zero-order chi connectivity index (χ0) is 12.3. The first-order valence-corrected chi connectivity index (χ1v) is 4.48.